The number of aromatic nitrogens is 2. The predicted molar refractivity (Wildman–Crippen MR) is 66.7 cm³/mol. The predicted octanol–water partition coefficient (Wildman–Crippen LogP) is 1.30. The van der Waals surface area contributed by atoms with Crippen LogP contribution < -0.4 is 11.5 Å². The molecule has 1 aromatic heterocycles. The number of halogens is 1. The second kappa shape index (κ2) is 3.76. The summed E-state index contributed by atoms with van der Waals surface area (Å²) in [6.45, 7) is 0. The second-order valence-corrected chi connectivity index (χ2v) is 4.02. The molecule has 0 saturated heterocycles. The van der Waals surface area contributed by atoms with Crippen LogP contribution in [0.5, 0.6) is 0 Å². The van der Waals surface area contributed by atoms with E-state index < -0.39 is 5.82 Å². The van der Waals surface area contributed by atoms with Crippen molar-refractivity contribution in [3.63, 3.8) is 0 Å². The number of hydrogen-bond acceptors (Lipinski definition) is 5. The van der Waals surface area contributed by atoms with Gasteiger partial charge in [0.05, 0.1) is 16.9 Å². The molecule has 0 amide bonds. The van der Waals surface area contributed by atoms with Crippen LogP contribution in [0.3, 0.4) is 0 Å². The Morgan fingerprint density at radius 2 is 2.00 bits per heavy atom. The van der Waals surface area contributed by atoms with Crippen molar-refractivity contribution >= 4 is 17.7 Å². The summed E-state index contributed by atoms with van der Waals surface area (Å²) in [5.74, 6) is -0.0514. The molecule has 0 radical (unpaired) electrons. The number of hydrogen-bond donors (Lipinski definition) is 2. The molecule has 2 aromatic rings. The number of nitrogens with two attached hydrogens (primary N) is 2. The summed E-state index contributed by atoms with van der Waals surface area (Å²) < 4.78 is 13.1. The van der Waals surface area contributed by atoms with Crippen molar-refractivity contribution in [1.29, 1.82) is 0 Å². The summed E-state index contributed by atoms with van der Waals surface area (Å²) in [4.78, 5) is 12.4. The van der Waals surface area contributed by atoms with Gasteiger partial charge in [-0.25, -0.2) is 14.4 Å². The van der Waals surface area contributed by atoms with E-state index in [4.69, 9.17) is 11.5 Å². The molecule has 0 saturated carbocycles. The first-order valence-corrected chi connectivity index (χ1v) is 5.35. The molecule has 4 N–H and O–H groups in total. The molecular weight excluding hydrogens is 233 g/mol. The first kappa shape index (κ1) is 10.6. The highest BCUT2D eigenvalue weighted by molar-refractivity contribution is 5.90. The van der Waals surface area contributed by atoms with Crippen LogP contribution >= 0.6 is 0 Å². The van der Waals surface area contributed by atoms with Crippen LogP contribution in [0.2, 0.25) is 0 Å². The highest BCUT2D eigenvalue weighted by Gasteiger charge is 2.24. The minimum absolute atomic E-state index is 0.0955. The normalized spacial score (nSPS) is 16.8. The molecule has 3 rings (SSSR count). The number of fused-ring (bicyclic) bond motifs is 1. The Hall–Kier alpha value is -2.50. The lowest BCUT2D eigenvalue weighted by molar-refractivity contribution is 0.631. The highest BCUT2D eigenvalue weighted by Crippen LogP contribution is 2.33. The zero-order valence-corrected chi connectivity index (χ0v) is 9.34. The quantitative estimate of drug-likeness (QED) is 0.739. The van der Waals surface area contributed by atoms with E-state index in [0.717, 1.165) is 5.56 Å². The topological polar surface area (TPSA) is 90.2 Å². The number of nitrogens with zero attached hydrogens (tertiary/aromatic N) is 3. The highest BCUT2D eigenvalue weighted by atomic mass is 19.1. The van der Waals surface area contributed by atoms with E-state index in [0.29, 0.717) is 17.1 Å². The van der Waals surface area contributed by atoms with Crippen molar-refractivity contribution in [3.8, 4) is 0 Å². The molecule has 18 heavy (non-hydrogen) atoms. The molecule has 1 aliphatic heterocycles. The number of rotatable bonds is 1. The summed E-state index contributed by atoms with van der Waals surface area (Å²) in [5, 5.41) is 0. The van der Waals surface area contributed by atoms with E-state index in [1.165, 1.54) is 12.4 Å². The summed E-state index contributed by atoms with van der Waals surface area (Å²) in [6, 6.07) is 4.22. The fourth-order valence-electron chi connectivity index (χ4n) is 1.97. The van der Waals surface area contributed by atoms with Crippen LogP contribution in [0.4, 0.5) is 15.9 Å². The van der Waals surface area contributed by atoms with Crippen LogP contribution in [0.1, 0.15) is 22.9 Å². The van der Waals surface area contributed by atoms with Gasteiger partial charge in [-0.1, -0.05) is 6.07 Å². The first-order valence-electron chi connectivity index (χ1n) is 5.35. The van der Waals surface area contributed by atoms with Crippen LogP contribution in [0.25, 0.3) is 0 Å². The average molecular weight is 243 g/mol. The Balaban J connectivity index is 2.09. The third-order valence-electron chi connectivity index (χ3n) is 2.89. The minimum atomic E-state index is -0.442. The molecule has 0 aliphatic carbocycles. The van der Waals surface area contributed by atoms with Crippen molar-refractivity contribution in [1.82, 2.24) is 9.97 Å². The van der Waals surface area contributed by atoms with Gasteiger partial charge >= 0.3 is 0 Å². The van der Waals surface area contributed by atoms with Gasteiger partial charge in [-0.05, 0) is 17.7 Å². The molecule has 5 nitrogen and oxygen atoms in total. The smallest absolute Gasteiger partial charge is 0.146 e. The Labute approximate surface area is 102 Å². The zero-order valence-electron chi connectivity index (χ0n) is 9.34. The Morgan fingerprint density at radius 1 is 1.17 bits per heavy atom. The molecule has 6 heteroatoms. The lowest BCUT2D eigenvalue weighted by atomic mass is 10.0. The van der Waals surface area contributed by atoms with Gasteiger partial charge in [0.2, 0.25) is 0 Å². The monoisotopic (exact) mass is 243 g/mol. The molecule has 90 valence electrons. The fraction of sp³-hybridized carbons (Fsp3) is 0.0833. The number of aliphatic imine (C=N–C) groups is 1. The van der Waals surface area contributed by atoms with Gasteiger partial charge in [-0.3, -0.25) is 4.99 Å². The van der Waals surface area contributed by atoms with E-state index in [-0.39, 0.29) is 11.7 Å². The SMILES string of the molecule is Nc1cc(C2N=Cc3c(N)ncnc32)ccc1F. The lowest BCUT2D eigenvalue weighted by Crippen LogP contribution is -2.04. The van der Waals surface area contributed by atoms with Crippen molar-refractivity contribution in [2.75, 3.05) is 11.5 Å². The van der Waals surface area contributed by atoms with Gasteiger partial charge in [-0.15, -0.1) is 0 Å². The largest absolute Gasteiger partial charge is 0.396 e. The van der Waals surface area contributed by atoms with Gasteiger partial charge in [0.1, 0.15) is 24.0 Å². The maximum absolute atomic E-state index is 13.1. The summed E-state index contributed by atoms with van der Waals surface area (Å²) in [5.41, 5.74) is 13.6. The maximum atomic E-state index is 13.1. The van der Waals surface area contributed by atoms with Crippen molar-refractivity contribution in [3.05, 3.63) is 47.2 Å². The van der Waals surface area contributed by atoms with Gasteiger partial charge in [0.15, 0.2) is 0 Å². The van der Waals surface area contributed by atoms with E-state index in [1.807, 2.05) is 0 Å². The van der Waals surface area contributed by atoms with Crippen LogP contribution in [0, 0.1) is 5.82 Å². The maximum Gasteiger partial charge on any atom is 0.146 e. The number of nitrogen functional groups attached to an aromatic ring is 2. The molecule has 1 unspecified atom stereocenters. The number of benzene rings is 1. The van der Waals surface area contributed by atoms with Crippen LogP contribution in [-0.2, 0) is 0 Å². The zero-order chi connectivity index (χ0) is 12.7. The van der Waals surface area contributed by atoms with E-state index in [2.05, 4.69) is 15.0 Å². The van der Waals surface area contributed by atoms with Crippen LogP contribution in [0.15, 0.2) is 29.5 Å². The molecule has 0 bridgehead atoms. The van der Waals surface area contributed by atoms with Crippen molar-refractivity contribution < 1.29 is 4.39 Å². The molecule has 0 fully saturated rings. The average Bonchev–Trinajstić information content (AvgIpc) is 2.78. The minimum Gasteiger partial charge on any atom is -0.396 e. The van der Waals surface area contributed by atoms with Gasteiger partial charge in [0, 0.05) is 6.21 Å². The van der Waals surface area contributed by atoms with Gasteiger partial charge in [0.25, 0.3) is 0 Å². The first-order chi connectivity index (χ1) is 8.66. The molecule has 1 aromatic carbocycles. The lowest BCUT2D eigenvalue weighted by Gasteiger charge is -2.10. The summed E-state index contributed by atoms with van der Waals surface area (Å²) >= 11 is 0. The summed E-state index contributed by atoms with van der Waals surface area (Å²) in [7, 11) is 0. The van der Waals surface area contributed by atoms with Crippen molar-refractivity contribution in [2.24, 2.45) is 4.99 Å². The van der Waals surface area contributed by atoms with Crippen LogP contribution in [-0.4, -0.2) is 16.2 Å². The Kier molecular flexibility index (Phi) is 2.22. The van der Waals surface area contributed by atoms with E-state index in [9.17, 15) is 4.39 Å². The molecule has 1 atom stereocenters. The van der Waals surface area contributed by atoms with E-state index >= 15 is 0 Å². The van der Waals surface area contributed by atoms with E-state index in [1.54, 1.807) is 18.3 Å². The molecule has 0 spiro atoms. The third-order valence-corrected chi connectivity index (χ3v) is 2.89. The Morgan fingerprint density at radius 3 is 2.78 bits per heavy atom. The standard InChI is InChI=1S/C12H10FN5/c13-8-2-1-6(3-9(8)14)10-11-7(4-16-10)12(15)18-5-17-11/h1-5,10H,14H2,(H2,15,17,18). The van der Waals surface area contributed by atoms with Crippen molar-refractivity contribution in [2.45, 2.75) is 6.04 Å². The Bertz CT molecular complexity index is 653. The summed E-state index contributed by atoms with van der Waals surface area (Å²) in [6.07, 6.45) is 3.03. The van der Waals surface area contributed by atoms with Gasteiger partial charge < -0.3 is 11.5 Å². The number of anilines is 2. The van der Waals surface area contributed by atoms with Gasteiger partial charge in [-0.2, -0.15) is 0 Å². The fourth-order valence-corrected chi connectivity index (χ4v) is 1.97. The second-order valence-electron chi connectivity index (χ2n) is 4.02. The molecule has 2 heterocycles. The molecular formula is C12H10FN5. The molecule has 1 aliphatic rings. The third kappa shape index (κ3) is 1.50.